The number of nitrogens with zero attached hydrogens (tertiary/aromatic N) is 2. The van der Waals surface area contributed by atoms with Crippen LogP contribution in [0, 0.1) is 5.92 Å². The smallest absolute Gasteiger partial charge is 0.0591 e. The Morgan fingerprint density at radius 2 is 2.47 bits per heavy atom. The van der Waals surface area contributed by atoms with Crippen molar-refractivity contribution in [2.24, 2.45) is 18.7 Å². The fourth-order valence-corrected chi connectivity index (χ4v) is 1.69. The number of nitrogens with one attached hydrogen (secondary N) is 1. The lowest BCUT2D eigenvalue weighted by Crippen LogP contribution is -2.29. The largest absolute Gasteiger partial charge is 0.380 e. The molecule has 5 nitrogen and oxygen atoms in total. The third kappa shape index (κ3) is 4.46. The summed E-state index contributed by atoms with van der Waals surface area (Å²) in [7, 11) is 1.90. The molecule has 96 valence electrons. The van der Waals surface area contributed by atoms with E-state index in [1.54, 1.807) is 4.68 Å². The summed E-state index contributed by atoms with van der Waals surface area (Å²) in [6.45, 7) is 3.33. The van der Waals surface area contributed by atoms with Crippen molar-refractivity contribution in [1.82, 2.24) is 15.1 Å². The Balaban J connectivity index is 1.51. The Morgan fingerprint density at radius 3 is 3.12 bits per heavy atom. The van der Waals surface area contributed by atoms with E-state index < -0.39 is 0 Å². The second-order valence-corrected chi connectivity index (χ2v) is 4.78. The average Bonchev–Trinajstić information content (AvgIpc) is 3.04. The molecule has 1 heterocycles. The van der Waals surface area contributed by atoms with Crippen molar-refractivity contribution in [2.75, 3.05) is 26.3 Å². The van der Waals surface area contributed by atoms with Crippen molar-refractivity contribution in [2.45, 2.75) is 18.9 Å². The molecule has 1 aromatic rings. The van der Waals surface area contributed by atoms with Gasteiger partial charge < -0.3 is 15.8 Å². The van der Waals surface area contributed by atoms with Gasteiger partial charge in [-0.2, -0.15) is 5.10 Å². The molecule has 1 saturated carbocycles. The maximum absolute atomic E-state index is 6.02. The molecule has 1 unspecified atom stereocenters. The zero-order valence-electron chi connectivity index (χ0n) is 10.4. The van der Waals surface area contributed by atoms with Crippen LogP contribution in [0.1, 0.15) is 24.4 Å². The maximum Gasteiger partial charge on any atom is 0.0591 e. The topological polar surface area (TPSA) is 65.1 Å². The molecule has 0 spiro atoms. The highest BCUT2D eigenvalue weighted by Crippen LogP contribution is 2.28. The third-order valence-electron chi connectivity index (χ3n) is 2.99. The second kappa shape index (κ2) is 6.14. The van der Waals surface area contributed by atoms with Gasteiger partial charge in [0.25, 0.3) is 0 Å². The SMILES string of the molecule is Cn1cc(C(N)CNCCOCC2CC2)cn1. The Kier molecular flexibility index (Phi) is 4.53. The summed E-state index contributed by atoms with van der Waals surface area (Å²) in [5, 5.41) is 7.41. The molecule has 0 bridgehead atoms. The first-order valence-corrected chi connectivity index (χ1v) is 6.28. The summed E-state index contributed by atoms with van der Waals surface area (Å²) < 4.78 is 7.30. The van der Waals surface area contributed by atoms with E-state index in [2.05, 4.69) is 10.4 Å². The molecule has 1 aliphatic rings. The summed E-state index contributed by atoms with van der Waals surface area (Å²) in [5.74, 6) is 0.840. The Labute approximate surface area is 102 Å². The number of aromatic nitrogens is 2. The van der Waals surface area contributed by atoms with Crippen LogP contribution in [-0.4, -0.2) is 36.1 Å². The van der Waals surface area contributed by atoms with Crippen molar-refractivity contribution in [1.29, 1.82) is 0 Å². The lowest BCUT2D eigenvalue weighted by molar-refractivity contribution is 0.126. The Hall–Kier alpha value is -0.910. The lowest BCUT2D eigenvalue weighted by atomic mass is 10.2. The molecule has 2 rings (SSSR count). The van der Waals surface area contributed by atoms with Gasteiger partial charge in [0.2, 0.25) is 0 Å². The van der Waals surface area contributed by atoms with E-state index in [1.807, 2.05) is 19.4 Å². The first-order valence-electron chi connectivity index (χ1n) is 6.28. The second-order valence-electron chi connectivity index (χ2n) is 4.78. The molecule has 0 saturated heterocycles. The van der Waals surface area contributed by atoms with Gasteiger partial charge in [-0.05, 0) is 18.8 Å². The molecular formula is C12H22N4O. The highest BCUT2D eigenvalue weighted by molar-refractivity contribution is 5.09. The standard InChI is InChI=1S/C12H22N4O/c1-16-8-11(6-15-16)12(13)7-14-4-5-17-9-10-2-3-10/h6,8,10,12,14H,2-5,7,9,13H2,1H3. The first-order chi connectivity index (χ1) is 8.25. The minimum atomic E-state index is 0.00660. The van der Waals surface area contributed by atoms with Gasteiger partial charge in [0, 0.05) is 44.5 Å². The maximum atomic E-state index is 6.02. The van der Waals surface area contributed by atoms with Crippen molar-refractivity contribution in [3.8, 4) is 0 Å². The van der Waals surface area contributed by atoms with E-state index in [0.29, 0.717) is 0 Å². The highest BCUT2D eigenvalue weighted by atomic mass is 16.5. The number of hydrogen-bond donors (Lipinski definition) is 2. The minimum absolute atomic E-state index is 0.00660. The molecule has 1 aromatic heterocycles. The lowest BCUT2D eigenvalue weighted by Gasteiger charge is -2.11. The van der Waals surface area contributed by atoms with Crippen molar-refractivity contribution in [3.63, 3.8) is 0 Å². The van der Waals surface area contributed by atoms with E-state index in [4.69, 9.17) is 10.5 Å². The van der Waals surface area contributed by atoms with Gasteiger partial charge in [-0.3, -0.25) is 4.68 Å². The van der Waals surface area contributed by atoms with Gasteiger partial charge in [-0.1, -0.05) is 0 Å². The molecule has 0 radical (unpaired) electrons. The van der Waals surface area contributed by atoms with Crippen LogP contribution in [0.15, 0.2) is 12.4 Å². The number of hydrogen-bond acceptors (Lipinski definition) is 4. The molecule has 0 amide bonds. The summed E-state index contributed by atoms with van der Waals surface area (Å²) in [6, 6.07) is 0.00660. The normalized spacial score (nSPS) is 17.3. The predicted octanol–water partition coefficient (Wildman–Crippen LogP) is 0.436. The van der Waals surface area contributed by atoms with Crippen molar-refractivity contribution < 1.29 is 4.74 Å². The minimum Gasteiger partial charge on any atom is -0.380 e. The quantitative estimate of drug-likeness (QED) is 0.645. The predicted molar refractivity (Wildman–Crippen MR) is 66.5 cm³/mol. The van der Waals surface area contributed by atoms with E-state index in [0.717, 1.165) is 37.8 Å². The molecule has 3 N–H and O–H groups in total. The summed E-state index contributed by atoms with van der Waals surface area (Å²) in [5.41, 5.74) is 7.09. The number of rotatable bonds is 8. The molecule has 17 heavy (non-hydrogen) atoms. The molecule has 1 fully saturated rings. The van der Waals surface area contributed by atoms with Crippen LogP contribution in [-0.2, 0) is 11.8 Å². The summed E-state index contributed by atoms with van der Waals surface area (Å²) >= 11 is 0. The van der Waals surface area contributed by atoms with Gasteiger partial charge in [-0.15, -0.1) is 0 Å². The molecule has 0 aliphatic heterocycles. The monoisotopic (exact) mass is 238 g/mol. The number of nitrogens with two attached hydrogens (primary N) is 1. The zero-order valence-corrected chi connectivity index (χ0v) is 10.4. The molecular weight excluding hydrogens is 216 g/mol. The van der Waals surface area contributed by atoms with Crippen LogP contribution in [0.5, 0.6) is 0 Å². The van der Waals surface area contributed by atoms with E-state index in [-0.39, 0.29) is 6.04 Å². The highest BCUT2D eigenvalue weighted by Gasteiger charge is 2.20. The van der Waals surface area contributed by atoms with E-state index >= 15 is 0 Å². The van der Waals surface area contributed by atoms with Crippen LogP contribution >= 0.6 is 0 Å². The fraction of sp³-hybridized carbons (Fsp3) is 0.750. The summed E-state index contributed by atoms with van der Waals surface area (Å²) in [4.78, 5) is 0. The molecule has 0 aromatic carbocycles. The zero-order chi connectivity index (χ0) is 12.1. The van der Waals surface area contributed by atoms with Crippen LogP contribution < -0.4 is 11.1 Å². The third-order valence-corrected chi connectivity index (χ3v) is 2.99. The molecule has 5 heteroatoms. The van der Waals surface area contributed by atoms with Crippen LogP contribution in [0.3, 0.4) is 0 Å². The Morgan fingerprint density at radius 1 is 1.65 bits per heavy atom. The van der Waals surface area contributed by atoms with E-state index in [1.165, 1.54) is 12.8 Å². The van der Waals surface area contributed by atoms with Crippen molar-refractivity contribution in [3.05, 3.63) is 18.0 Å². The first kappa shape index (κ1) is 12.5. The van der Waals surface area contributed by atoms with Gasteiger partial charge in [0.05, 0.1) is 12.8 Å². The van der Waals surface area contributed by atoms with Crippen LogP contribution in [0.25, 0.3) is 0 Å². The van der Waals surface area contributed by atoms with Crippen molar-refractivity contribution >= 4 is 0 Å². The van der Waals surface area contributed by atoms with Gasteiger partial charge in [0.15, 0.2) is 0 Å². The van der Waals surface area contributed by atoms with Crippen LogP contribution in [0.2, 0.25) is 0 Å². The molecule has 1 atom stereocenters. The fourth-order valence-electron chi connectivity index (χ4n) is 1.69. The summed E-state index contributed by atoms with van der Waals surface area (Å²) in [6.07, 6.45) is 6.46. The van der Waals surface area contributed by atoms with Gasteiger partial charge in [-0.25, -0.2) is 0 Å². The molecule has 1 aliphatic carbocycles. The number of aryl methyl sites for hydroxylation is 1. The number of ether oxygens (including phenoxy) is 1. The van der Waals surface area contributed by atoms with E-state index in [9.17, 15) is 0 Å². The van der Waals surface area contributed by atoms with Gasteiger partial charge >= 0.3 is 0 Å². The van der Waals surface area contributed by atoms with Gasteiger partial charge in [0.1, 0.15) is 0 Å². The Bertz CT molecular complexity index is 335. The average molecular weight is 238 g/mol. The van der Waals surface area contributed by atoms with Crippen LogP contribution in [0.4, 0.5) is 0 Å².